The van der Waals surface area contributed by atoms with Crippen LogP contribution in [0.3, 0.4) is 0 Å². The highest BCUT2D eigenvalue weighted by Gasteiger charge is 2.16. The Hall–Kier alpha value is -2.39. The van der Waals surface area contributed by atoms with Crippen molar-refractivity contribution >= 4 is 45.0 Å². The average Bonchev–Trinajstić information content (AvgIpc) is 3.13. The molecule has 3 rings (SSSR count). The molecule has 0 aliphatic heterocycles. The van der Waals surface area contributed by atoms with Crippen LogP contribution in [-0.4, -0.2) is 32.6 Å². The van der Waals surface area contributed by atoms with Crippen molar-refractivity contribution in [2.24, 2.45) is 4.99 Å². The molecule has 0 saturated carbocycles. The maximum Gasteiger partial charge on any atom is 0.326 e. The predicted molar refractivity (Wildman–Crippen MR) is 100 cm³/mol. The van der Waals surface area contributed by atoms with Gasteiger partial charge in [-0.15, -0.1) is 5.10 Å². The van der Waals surface area contributed by atoms with Gasteiger partial charge in [0.1, 0.15) is 11.4 Å². The van der Waals surface area contributed by atoms with E-state index < -0.39 is 5.91 Å². The summed E-state index contributed by atoms with van der Waals surface area (Å²) in [5.74, 6) is -0.771. The molecule has 0 spiro atoms. The molecule has 0 radical (unpaired) electrons. The number of rotatable bonds is 4. The normalized spacial score (nSPS) is 11.9. The first-order chi connectivity index (χ1) is 12.4. The van der Waals surface area contributed by atoms with Crippen molar-refractivity contribution < 1.29 is 14.3 Å². The number of benzene rings is 1. The molecule has 26 heavy (non-hydrogen) atoms. The van der Waals surface area contributed by atoms with Crippen molar-refractivity contribution in [2.75, 3.05) is 6.61 Å². The first-order valence-electron chi connectivity index (χ1n) is 8.05. The fraction of sp³-hybridized carbons (Fsp3) is 0.353. The quantitative estimate of drug-likeness (QED) is 0.640. The number of thiazole rings is 1. The smallest absolute Gasteiger partial charge is 0.326 e. The highest BCUT2D eigenvalue weighted by Crippen LogP contribution is 2.23. The van der Waals surface area contributed by atoms with Gasteiger partial charge in [-0.1, -0.05) is 21.9 Å². The number of hydrogen-bond acceptors (Lipinski definition) is 7. The monoisotopic (exact) mass is 390 g/mol. The van der Waals surface area contributed by atoms with Crippen LogP contribution in [0.4, 0.5) is 0 Å². The third kappa shape index (κ3) is 3.58. The minimum atomic E-state index is -0.406. The SMILES string of the molecule is CCOC(=O)Cn1c(=NC(=O)c2snnc2C)sc2c(C)cc(C)cc21. The van der Waals surface area contributed by atoms with Crippen LogP contribution in [-0.2, 0) is 16.1 Å². The summed E-state index contributed by atoms with van der Waals surface area (Å²) in [5, 5.41) is 3.85. The van der Waals surface area contributed by atoms with Crippen LogP contribution in [0, 0.1) is 20.8 Å². The van der Waals surface area contributed by atoms with E-state index in [4.69, 9.17) is 4.74 Å². The highest BCUT2D eigenvalue weighted by atomic mass is 32.1. The van der Waals surface area contributed by atoms with Gasteiger partial charge in [0, 0.05) is 0 Å². The molecule has 3 aromatic rings. The average molecular weight is 390 g/mol. The Labute approximate surface area is 158 Å². The van der Waals surface area contributed by atoms with Gasteiger partial charge in [-0.3, -0.25) is 9.59 Å². The van der Waals surface area contributed by atoms with E-state index in [0.717, 1.165) is 32.9 Å². The summed E-state index contributed by atoms with van der Waals surface area (Å²) >= 11 is 2.40. The van der Waals surface area contributed by atoms with Crippen LogP contribution in [0.25, 0.3) is 10.2 Å². The van der Waals surface area contributed by atoms with Gasteiger partial charge >= 0.3 is 5.97 Å². The van der Waals surface area contributed by atoms with Crippen LogP contribution < -0.4 is 4.80 Å². The van der Waals surface area contributed by atoms with Crippen molar-refractivity contribution in [2.45, 2.75) is 34.2 Å². The molecule has 2 aromatic heterocycles. The fourth-order valence-corrected chi connectivity index (χ4v) is 4.27. The van der Waals surface area contributed by atoms with Gasteiger partial charge in [0.25, 0.3) is 5.91 Å². The molecule has 0 bridgehead atoms. The largest absolute Gasteiger partial charge is 0.465 e. The Morgan fingerprint density at radius 3 is 2.69 bits per heavy atom. The van der Waals surface area contributed by atoms with Crippen molar-refractivity contribution in [3.05, 3.63) is 38.6 Å². The molecule has 7 nitrogen and oxygen atoms in total. The zero-order valence-electron chi connectivity index (χ0n) is 14.9. The lowest BCUT2D eigenvalue weighted by molar-refractivity contribution is -0.143. The molecule has 2 heterocycles. The zero-order chi connectivity index (χ0) is 18.8. The lowest BCUT2D eigenvalue weighted by atomic mass is 10.1. The van der Waals surface area contributed by atoms with Crippen LogP contribution in [0.15, 0.2) is 17.1 Å². The van der Waals surface area contributed by atoms with Gasteiger partial charge in [0.05, 0.1) is 22.5 Å². The Morgan fingerprint density at radius 1 is 1.27 bits per heavy atom. The minimum Gasteiger partial charge on any atom is -0.465 e. The summed E-state index contributed by atoms with van der Waals surface area (Å²) in [5.41, 5.74) is 3.57. The molecule has 0 aliphatic rings. The summed E-state index contributed by atoms with van der Waals surface area (Å²) in [6.45, 7) is 7.78. The number of aryl methyl sites for hydroxylation is 3. The molecule has 0 saturated heterocycles. The second-order valence-electron chi connectivity index (χ2n) is 5.81. The number of fused-ring (bicyclic) bond motifs is 1. The van der Waals surface area contributed by atoms with Crippen LogP contribution >= 0.6 is 22.9 Å². The summed E-state index contributed by atoms with van der Waals surface area (Å²) in [6.07, 6.45) is 0. The summed E-state index contributed by atoms with van der Waals surface area (Å²) < 4.78 is 11.6. The Balaban J connectivity index is 2.18. The summed E-state index contributed by atoms with van der Waals surface area (Å²) in [6, 6.07) is 4.05. The van der Waals surface area contributed by atoms with Crippen molar-refractivity contribution in [3.63, 3.8) is 0 Å². The second kappa shape index (κ2) is 7.46. The standard InChI is InChI=1S/C17H18N4O3S2/c1-5-24-13(22)8-21-12-7-9(2)6-10(3)14(12)25-17(21)18-16(23)15-11(4)19-20-26-15/h6-7H,5,8H2,1-4H3. The number of carbonyl (C=O) groups excluding carboxylic acids is 2. The fourth-order valence-electron chi connectivity index (χ4n) is 2.65. The number of carbonyl (C=O) groups is 2. The topological polar surface area (TPSA) is 86.4 Å². The third-order valence-corrected chi connectivity index (χ3v) is 5.80. The molecule has 0 atom stereocenters. The number of amides is 1. The summed E-state index contributed by atoms with van der Waals surface area (Å²) in [4.78, 5) is 29.7. The predicted octanol–water partition coefficient (Wildman–Crippen LogP) is 2.78. The van der Waals surface area contributed by atoms with Crippen LogP contribution in [0.2, 0.25) is 0 Å². The number of hydrogen-bond donors (Lipinski definition) is 0. The Morgan fingerprint density at radius 2 is 2.04 bits per heavy atom. The number of nitrogens with zero attached hydrogens (tertiary/aromatic N) is 4. The third-order valence-electron chi connectivity index (χ3n) is 3.75. The molecule has 136 valence electrons. The first-order valence-corrected chi connectivity index (χ1v) is 9.64. The van der Waals surface area contributed by atoms with Gasteiger partial charge in [-0.25, -0.2) is 0 Å². The van der Waals surface area contributed by atoms with E-state index in [1.54, 1.807) is 18.4 Å². The second-order valence-corrected chi connectivity index (χ2v) is 7.54. The first kappa shape index (κ1) is 18.4. The molecule has 1 aromatic carbocycles. The molecular formula is C17H18N4O3S2. The maximum absolute atomic E-state index is 12.5. The lowest BCUT2D eigenvalue weighted by Gasteiger charge is -2.06. The maximum atomic E-state index is 12.5. The van der Waals surface area contributed by atoms with E-state index in [1.807, 2.05) is 19.9 Å². The van der Waals surface area contributed by atoms with E-state index in [0.29, 0.717) is 22.0 Å². The Kier molecular flexibility index (Phi) is 5.28. The van der Waals surface area contributed by atoms with Gasteiger partial charge in [0.15, 0.2) is 4.80 Å². The van der Waals surface area contributed by atoms with E-state index >= 15 is 0 Å². The molecule has 0 N–H and O–H groups in total. The molecular weight excluding hydrogens is 372 g/mol. The number of ether oxygens (including phenoxy) is 1. The molecule has 0 fully saturated rings. The Bertz CT molecular complexity index is 1060. The minimum absolute atomic E-state index is 0.00275. The van der Waals surface area contributed by atoms with Crippen LogP contribution in [0.5, 0.6) is 0 Å². The van der Waals surface area contributed by atoms with Crippen molar-refractivity contribution in [1.82, 2.24) is 14.2 Å². The molecule has 1 amide bonds. The molecule has 0 aliphatic carbocycles. The van der Waals surface area contributed by atoms with E-state index in [9.17, 15) is 9.59 Å². The summed E-state index contributed by atoms with van der Waals surface area (Å²) in [7, 11) is 0. The van der Waals surface area contributed by atoms with Crippen molar-refractivity contribution in [1.29, 1.82) is 0 Å². The van der Waals surface area contributed by atoms with Gasteiger partial charge in [-0.05, 0) is 56.4 Å². The number of esters is 1. The zero-order valence-corrected chi connectivity index (χ0v) is 16.5. The van der Waals surface area contributed by atoms with Gasteiger partial charge < -0.3 is 9.30 Å². The lowest BCUT2D eigenvalue weighted by Crippen LogP contribution is -2.23. The van der Waals surface area contributed by atoms with Gasteiger partial charge in [-0.2, -0.15) is 4.99 Å². The van der Waals surface area contributed by atoms with Gasteiger partial charge in [0.2, 0.25) is 0 Å². The highest BCUT2D eigenvalue weighted by molar-refractivity contribution is 7.16. The molecule has 0 unspecified atom stereocenters. The van der Waals surface area contributed by atoms with Crippen LogP contribution in [0.1, 0.15) is 33.4 Å². The van der Waals surface area contributed by atoms with E-state index in [2.05, 4.69) is 20.6 Å². The number of aromatic nitrogens is 3. The van der Waals surface area contributed by atoms with E-state index in [1.165, 1.54) is 11.3 Å². The van der Waals surface area contributed by atoms with E-state index in [-0.39, 0.29) is 12.5 Å². The van der Waals surface area contributed by atoms with Crippen molar-refractivity contribution in [3.8, 4) is 0 Å². The molecule has 9 heteroatoms.